The van der Waals surface area contributed by atoms with Crippen LogP contribution in [-0.4, -0.2) is 30.3 Å². The Labute approximate surface area is 169 Å². The van der Waals surface area contributed by atoms with Gasteiger partial charge in [0.05, 0.1) is 4.92 Å². The van der Waals surface area contributed by atoms with E-state index >= 15 is 0 Å². The standard InChI is InChI=1S/C17H11N3O7S2/c21-15-14(16(22)19-17(28)18-15)9-10-1-5-12(6-2-10)27-29(25,26)13-7-3-11(4-8-13)20(23)24/h1-9H,(H2,18,19,21,22,28). The number of hydrogen-bond donors (Lipinski definition) is 2. The molecule has 3 rings (SSSR count). The molecule has 10 nitrogen and oxygen atoms in total. The van der Waals surface area contributed by atoms with Crippen LogP contribution >= 0.6 is 12.2 Å². The normalized spacial score (nSPS) is 14.1. The maximum absolute atomic E-state index is 12.3. The molecule has 0 radical (unpaired) electrons. The van der Waals surface area contributed by atoms with Crippen LogP contribution in [0.25, 0.3) is 6.08 Å². The Hall–Kier alpha value is -3.64. The number of rotatable bonds is 5. The maximum atomic E-state index is 12.3. The lowest BCUT2D eigenvalue weighted by Gasteiger charge is -2.16. The predicted octanol–water partition coefficient (Wildman–Crippen LogP) is 1.28. The molecular weight excluding hydrogens is 422 g/mol. The summed E-state index contributed by atoms with van der Waals surface area (Å²) in [5, 5.41) is 15.2. The predicted molar refractivity (Wildman–Crippen MR) is 104 cm³/mol. The Morgan fingerprint density at radius 3 is 2.03 bits per heavy atom. The van der Waals surface area contributed by atoms with Crippen molar-refractivity contribution in [2.75, 3.05) is 0 Å². The molecule has 2 aromatic carbocycles. The number of nitro benzene ring substituents is 1. The lowest BCUT2D eigenvalue weighted by Crippen LogP contribution is -2.51. The van der Waals surface area contributed by atoms with Crippen LogP contribution in [0.15, 0.2) is 59.0 Å². The number of nitrogens with one attached hydrogen (secondary N) is 2. The molecular formula is C17H11N3O7S2. The lowest BCUT2D eigenvalue weighted by atomic mass is 10.1. The molecule has 0 aliphatic carbocycles. The minimum absolute atomic E-state index is 0.0239. The molecule has 2 N–H and O–H groups in total. The molecule has 0 aromatic heterocycles. The van der Waals surface area contributed by atoms with Crippen molar-refractivity contribution < 1.29 is 27.1 Å². The summed E-state index contributed by atoms with van der Waals surface area (Å²) in [4.78, 5) is 33.4. The van der Waals surface area contributed by atoms with Crippen molar-refractivity contribution >= 4 is 51.0 Å². The first-order valence-electron chi connectivity index (χ1n) is 7.83. The van der Waals surface area contributed by atoms with Crippen molar-refractivity contribution in [3.8, 4) is 5.75 Å². The molecule has 1 fully saturated rings. The second-order valence-corrected chi connectivity index (χ2v) is 7.61. The molecule has 29 heavy (non-hydrogen) atoms. The van der Waals surface area contributed by atoms with Gasteiger partial charge in [0.15, 0.2) is 5.11 Å². The Morgan fingerprint density at radius 1 is 0.966 bits per heavy atom. The van der Waals surface area contributed by atoms with Gasteiger partial charge in [-0.3, -0.25) is 30.3 Å². The number of non-ortho nitro benzene ring substituents is 1. The first kappa shape index (κ1) is 20.1. The molecule has 1 aliphatic heterocycles. The zero-order valence-electron chi connectivity index (χ0n) is 14.3. The molecule has 12 heteroatoms. The number of hydrogen-bond acceptors (Lipinski definition) is 8. The van der Waals surface area contributed by atoms with Gasteiger partial charge in [0.25, 0.3) is 17.5 Å². The summed E-state index contributed by atoms with van der Waals surface area (Å²) < 4.78 is 29.6. The van der Waals surface area contributed by atoms with E-state index in [0.717, 1.165) is 24.3 Å². The van der Waals surface area contributed by atoms with Gasteiger partial charge >= 0.3 is 10.1 Å². The lowest BCUT2D eigenvalue weighted by molar-refractivity contribution is -0.384. The molecule has 2 amide bonds. The van der Waals surface area contributed by atoms with Crippen molar-refractivity contribution in [3.63, 3.8) is 0 Å². The molecule has 0 bridgehead atoms. The first-order chi connectivity index (χ1) is 13.7. The fraction of sp³-hybridized carbons (Fsp3) is 0. The molecule has 0 spiro atoms. The average molecular weight is 433 g/mol. The third-order valence-corrected chi connectivity index (χ3v) is 5.14. The van der Waals surface area contributed by atoms with Gasteiger partial charge in [0, 0.05) is 12.1 Å². The monoisotopic (exact) mass is 433 g/mol. The van der Waals surface area contributed by atoms with Gasteiger partial charge in [0.1, 0.15) is 16.2 Å². The zero-order valence-corrected chi connectivity index (χ0v) is 16.0. The Morgan fingerprint density at radius 2 is 1.52 bits per heavy atom. The van der Waals surface area contributed by atoms with Crippen LogP contribution in [0.1, 0.15) is 5.56 Å². The van der Waals surface area contributed by atoms with Gasteiger partial charge in [-0.1, -0.05) is 12.1 Å². The summed E-state index contributed by atoms with van der Waals surface area (Å²) in [7, 11) is -4.20. The highest BCUT2D eigenvalue weighted by Crippen LogP contribution is 2.22. The smallest absolute Gasteiger partial charge is 0.339 e. The van der Waals surface area contributed by atoms with Gasteiger partial charge in [0.2, 0.25) is 0 Å². The summed E-state index contributed by atoms with van der Waals surface area (Å²) >= 11 is 4.71. The Kier molecular flexibility index (Phi) is 5.39. The molecule has 2 aromatic rings. The van der Waals surface area contributed by atoms with Crippen LogP contribution in [0, 0.1) is 10.1 Å². The van der Waals surface area contributed by atoms with E-state index in [1.807, 2.05) is 0 Å². The fourth-order valence-electron chi connectivity index (χ4n) is 2.30. The number of nitro groups is 1. The van der Waals surface area contributed by atoms with E-state index in [1.165, 1.54) is 30.3 Å². The van der Waals surface area contributed by atoms with Gasteiger partial charge in [-0.25, -0.2) is 0 Å². The van der Waals surface area contributed by atoms with Crippen LogP contribution in [0.4, 0.5) is 5.69 Å². The van der Waals surface area contributed by atoms with Gasteiger partial charge < -0.3 is 4.18 Å². The average Bonchev–Trinajstić information content (AvgIpc) is 2.66. The van der Waals surface area contributed by atoms with Crippen molar-refractivity contribution in [1.29, 1.82) is 0 Å². The van der Waals surface area contributed by atoms with Crippen molar-refractivity contribution in [3.05, 3.63) is 69.8 Å². The second-order valence-electron chi connectivity index (χ2n) is 5.65. The highest BCUT2D eigenvalue weighted by Gasteiger charge is 2.25. The van der Waals surface area contributed by atoms with Crippen LogP contribution in [0.5, 0.6) is 5.75 Å². The van der Waals surface area contributed by atoms with Gasteiger partial charge in [-0.2, -0.15) is 8.42 Å². The first-order valence-corrected chi connectivity index (χ1v) is 9.65. The number of benzene rings is 2. The quantitative estimate of drug-likeness (QED) is 0.179. The molecule has 1 heterocycles. The third kappa shape index (κ3) is 4.62. The van der Waals surface area contributed by atoms with Crippen molar-refractivity contribution in [2.45, 2.75) is 4.90 Å². The third-order valence-electron chi connectivity index (χ3n) is 3.68. The molecule has 1 aliphatic rings. The van der Waals surface area contributed by atoms with E-state index in [2.05, 4.69) is 10.6 Å². The number of nitrogens with zero attached hydrogens (tertiary/aromatic N) is 1. The highest BCUT2D eigenvalue weighted by molar-refractivity contribution is 7.87. The highest BCUT2D eigenvalue weighted by atomic mass is 32.2. The maximum Gasteiger partial charge on any atom is 0.339 e. The fourth-order valence-corrected chi connectivity index (χ4v) is 3.42. The Balaban J connectivity index is 1.77. The number of carbonyl (C=O) groups is 2. The minimum atomic E-state index is -4.20. The minimum Gasteiger partial charge on any atom is -0.379 e. The van der Waals surface area contributed by atoms with E-state index in [0.29, 0.717) is 5.56 Å². The van der Waals surface area contributed by atoms with Crippen LogP contribution in [0.2, 0.25) is 0 Å². The molecule has 0 atom stereocenters. The van der Waals surface area contributed by atoms with E-state index in [1.54, 1.807) is 0 Å². The Bertz CT molecular complexity index is 1130. The molecule has 0 unspecified atom stereocenters. The number of carbonyl (C=O) groups excluding carboxylic acids is 2. The van der Waals surface area contributed by atoms with Crippen LogP contribution < -0.4 is 14.8 Å². The summed E-state index contributed by atoms with van der Waals surface area (Å²) in [5.41, 5.74) is 0.0295. The van der Waals surface area contributed by atoms with Gasteiger partial charge in [-0.15, -0.1) is 0 Å². The molecule has 1 saturated heterocycles. The van der Waals surface area contributed by atoms with Crippen molar-refractivity contribution in [2.24, 2.45) is 0 Å². The van der Waals surface area contributed by atoms with E-state index in [-0.39, 0.29) is 27.0 Å². The van der Waals surface area contributed by atoms with E-state index < -0.39 is 26.9 Å². The topological polar surface area (TPSA) is 145 Å². The SMILES string of the molecule is O=C1NC(=S)NC(=O)C1=Cc1ccc(OS(=O)(=O)c2ccc([N+](=O)[O-])cc2)cc1. The summed E-state index contributed by atoms with van der Waals surface area (Å²) in [6.45, 7) is 0. The van der Waals surface area contributed by atoms with E-state index in [9.17, 15) is 28.1 Å². The molecule has 0 saturated carbocycles. The van der Waals surface area contributed by atoms with Crippen LogP contribution in [0.3, 0.4) is 0 Å². The number of amides is 2. The van der Waals surface area contributed by atoms with E-state index in [4.69, 9.17) is 16.4 Å². The largest absolute Gasteiger partial charge is 0.379 e. The van der Waals surface area contributed by atoms with Gasteiger partial charge in [-0.05, 0) is 48.1 Å². The van der Waals surface area contributed by atoms with Crippen LogP contribution in [-0.2, 0) is 19.7 Å². The second kappa shape index (κ2) is 7.77. The molecule has 148 valence electrons. The summed E-state index contributed by atoms with van der Waals surface area (Å²) in [5.74, 6) is -1.33. The summed E-state index contributed by atoms with van der Waals surface area (Å²) in [6.07, 6.45) is 1.31. The van der Waals surface area contributed by atoms with Crippen molar-refractivity contribution in [1.82, 2.24) is 10.6 Å². The zero-order chi connectivity index (χ0) is 21.2. The number of thiocarbonyl (C=S) groups is 1. The summed E-state index contributed by atoms with van der Waals surface area (Å²) in [6, 6.07) is 9.79.